The Balaban J connectivity index is 1.68. The van der Waals surface area contributed by atoms with Gasteiger partial charge >= 0.3 is 0 Å². The minimum Gasteiger partial charge on any atom is -0.494 e. The van der Waals surface area contributed by atoms with Crippen LogP contribution in [0.2, 0.25) is 0 Å². The molecule has 0 saturated carbocycles. The second kappa shape index (κ2) is 7.13. The van der Waals surface area contributed by atoms with Crippen molar-refractivity contribution in [2.45, 2.75) is 45.3 Å². The predicted octanol–water partition coefficient (Wildman–Crippen LogP) is 4.79. The summed E-state index contributed by atoms with van der Waals surface area (Å²) >= 11 is 0. The van der Waals surface area contributed by atoms with Crippen molar-refractivity contribution in [1.29, 1.82) is 0 Å². The first-order valence-corrected chi connectivity index (χ1v) is 10.7. The fraction of sp³-hybridized carbons (Fsp3) is 0.500. The van der Waals surface area contributed by atoms with Gasteiger partial charge in [0.25, 0.3) is 0 Å². The fourth-order valence-electron chi connectivity index (χ4n) is 5.14. The smallest absolute Gasteiger partial charge is 0.231 e. The number of benzene rings is 2. The van der Waals surface area contributed by atoms with E-state index in [1.54, 1.807) is 0 Å². The van der Waals surface area contributed by atoms with E-state index in [0.717, 1.165) is 41.7 Å². The van der Waals surface area contributed by atoms with Gasteiger partial charge in [-0.2, -0.15) is 0 Å². The Hall–Kier alpha value is -2.40. The predicted molar refractivity (Wildman–Crippen MR) is 111 cm³/mol. The van der Waals surface area contributed by atoms with E-state index in [2.05, 4.69) is 43.0 Å². The number of ether oxygens (including phenoxy) is 4. The zero-order chi connectivity index (χ0) is 20.0. The summed E-state index contributed by atoms with van der Waals surface area (Å²) in [4.78, 5) is 2.50. The van der Waals surface area contributed by atoms with Crippen LogP contribution in [0.3, 0.4) is 0 Å². The lowest BCUT2D eigenvalue weighted by molar-refractivity contribution is -0.114. The van der Waals surface area contributed by atoms with E-state index in [1.807, 2.05) is 19.1 Å². The molecule has 0 bridgehead atoms. The van der Waals surface area contributed by atoms with Gasteiger partial charge in [0, 0.05) is 42.1 Å². The zero-order valence-electron chi connectivity index (χ0n) is 17.4. The first-order chi connectivity index (χ1) is 14.1. The second-order valence-electron chi connectivity index (χ2n) is 8.33. The van der Waals surface area contributed by atoms with Crippen LogP contribution in [-0.4, -0.2) is 37.1 Å². The van der Waals surface area contributed by atoms with E-state index >= 15 is 0 Å². The molecule has 0 radical (unpaired) electrons. The SMILES string of the molecule is CCOc1ccccc1[C@@H]1c2cc3c(cc2O[C@](C)(N2CCCC2)[C@@H]1C)OCO3. The van der Waals surface area contributed by atoms with E-state index in [9.17, 15) is 0 Å². The standard InChI is InChI=1S/C24H29NO4/c1-4-26-19-10-6-5-9-17(19)23-16(2)24(3,25-11-7-8-12-25)29-20-14-22-21(13-18(20)23)27-15-28-22/h5-6,9-10,13-14,16,23H,4,7-8,11-12,15H2,1-3H3/t16-,23-,24+/m1/s1. The third-order valence-corrected chi connectivity index (χ3v) is 6.79. The largest absolute Gasteiger partial charge is 0.494 e. The molecule has 29 heavy (non-hydrogen) atoms. The Bertz CT molecular complexity index is 908. The van der Waals surface area contributed by atoms with E-state index in [1.165, 1.54) is 18.4 Å². The summed E-state index contributed by atoms with van der Waals surface area (Å²) in [7, 11) is 0. The van der Waals surface area contributed by atoms with Crippen LogP contribution < -0.4 is 18.9 Å². The van der Waals surface area contributed by atoms with Crippen LogP contribution in [0.5, 0.6) is 23.0 Å². The Morgan fingerprint density at radius 2 is 1.76 bits per heavy atom. The molecule has 0 N–H and O–H groups in total. The van der Waals surface area contributed by atoms with Gasteiger partial charge in [-0.05, 0) is 38.8 Å². The maximum atomic E-state index is 6.74. The van der Waals surface area contributed by atoms with Crippen molar-refractivity contribution in [2.75, 3.05) is 26.5 Å². The molecule has 2 aromatic rings. The lowest BCUT2D eigenvalue weighted by Crippen LogP contribution is -2.57. The van der Waals surface area contributed by atoms with Crippen molar-refractivity contribution in [1.82, 2.24) is 4.90 Å². The first-order valence-electron chi connectivity index (χ1n) is 10.7. The van der Waals surface area contributed by atoms with Gasteiger partial charge in [-0.25, -0.2) is 0 Å². The fourth-order valence-corrected chi connectivity index (χ4v) is 5.14. The Labute approximate surface area is 172 Å². The molecule has 3 heterocycles. The van der Waals surface area contributed by atoms with Gasteiger partial charge in [-0.1, -0.05) is 25.1 Å². The second-order valence-corrected chi connectivity index (χ2v) is 8.33. The molecule has 1 fully saturated rings. The summed E-state index contributed by atoms with van der Waals surface area (Å²) in [5, 5.41) is 0. The molecule has 3 aliphatic heterocycles. The molecular weight excluding hydrogens is 366 g/mol. The van der Waals surface area contributed by atoms with Crippen molar-refractivity contribution in [3.63, 3.8) is 0 Å². The number of likely N-dealkylation sites (tertiary alicyclic amines) is 1. The van der Waals surface area contributed by atoms with Gasteiger partial charge in [0.1, 0.15) is 11.5 Å². The number of rotatable bonds is 4. The van der Waals surface area contributed by atoms with Gasteiger partial charge in [-0.15, -0.1) is 0 Å². The van der Waals surface area contributed by atoms with Crippen LogP contribution in [0, 0.1) is 5.92 Å². The summed E-state index contributed by atoms with van der Waals surface area (Å²) in [6.45, 7) is 9.63. The normalized spacial score (nSPS) is 28.1. The van der Waals surface area contributed by atoms with Crippen LogP contribution in [0.15, 0.2) is 36.4 Å². The average Bonchev–Trinajstić information content (AvgIpc) is 3.41. The lowest BCUT2D eigenvalue weighted by Gasteiger charge is -2.50. The molecule has 5 nitrogen and oxygen atoms in total. The van der Waals surface area contributed by atoms with Gasteiger partial charge in [0.2, 0.25) is 6.79 Å². The molecule has 0 aliphatic carbocycles. The van der Waals surface area contributed by atoms with Crippen LogP contribution in [0.1, 0.15) is 50.7 Å². The zero-order valence-corrected chi connectivity index (χ0v) is 17.4. The molecule has 2 aromatic carbocycles. The average molecular weight is 395 g/mol. The van der Waals surface area contributed by atoms with Gasteiger partial charge in [0.05, 0.1) is 6.61 Å². The Morgan fingerprint density at radius 3 is 2.52 bits per heavy atom. The van der Waals surface area contributed by atoms with Crippen LogP contribution in [0.4, 0.5) is 0 Å². The van der Waals surface area contributed by atoms with Gasteiger partial charge < -0.3 is 18.9 Å². The highest BCUT2D eigenvalue weighted by atomic mass is 16.7. The topological polar surface area (TPSA) is 40.2 Å². The highest BCUT2D eigenvalue weighted by molar-refractivity contribution is 5.58. The summed E-state index contributed by atoms with van der Waals surface area (Å²) in [6, 6.07) is 12.5. The summed E-state index contributed by atoms with van der Waals surface area (Å²) in [5.74, 6) is 3.76. The third kappa shape index (κ3) is 2.94. The molecule has 3 atom stereocenters. The molecule has 0 unspecified atom stereocenters. The highest BCUT2D eigenvalue weighted by Crippen LogP contribution is 2.54. The Morgan fingerprint density at radius 1 is 1.03 bits per heavy atom. The molecule has 5 heteroatoms. The number of nitrogens with zero attached hydrogens (tertiary/aromatic N) is 1. The highest BCUT2D eigenvalue weighted by Gasteiger charge is 2.50. The first kappa shape index (κ1) is 18.6. The number of fused-ring (bicyclic) bond motifs is 2. The quantitative estimate of drug-likeness (QED) is 0.745. The van der Waals surface area contributed by atoms with E-state index in [4.69, 9.17) is 18.9 Å². The minimum absolute atomic E-state index is 0.140. The van der Waals surface area contributed by atoms with Crippen molar-refractivity contribution in [3.8, 4) is 23.0 Å². The number of para-hydroxylation sites is 1. The monoisotopic (exact) mass is 395 g/mol. The lowest BCUT2D eigenvalue weighted by atomic mass is 9.73. The molecule has 1 saturated heterocycles. The van der Waals surface area contributed by atoms with Crippen molar-refractivity contribution in [2.24, 2.45) is 5.92 Å². The molecule has 154 valence electrons. The van der Waals surface area contributed by atoms with Crippen LogP contribution in [-0.2, 0) is 0 Å². The maximum Gasteiger partial charge on any atom is 0.231 e. The van der Waals surface area contributed by atoms with Crippen molar-refractivity contribution >= 4 is 0 Å². The molecule has 5 rings (SSSR count). The van der Waals surface area contributed by atoms with Gasteiger partial charge in [0.15, 0.2) is 17.2 Å². The van der Waals surface area contributed by atoms with Crippen molar-refractivity contribution in [3.05, 3.63) is 47.5 Å². The third-order valence-electron chi connectivity index (χ3n) is 6.79. The van der Waals surface area contributed by atoms with Gasteiger partial charge in [-0.3, -0.25) is 4.90 Å². The minimum atomic E-state index is -0.388. The number of hydrogen-bond donors (Lipinski definition) is 0. The van der Waals surface area contributed by atoms with E-state index < -0.39 is 0 Å². The molecule has 0 spiro atoms. The van der Waals surface area contributed by atoms with E-state index in [0.29, 0.717) is 6.61 Å². The maximum absolute atomic E-state index is 6.74. The summed E-state index contributed by atoms with van der Waals surface area (Å²) < 4.78 is 24.1. The number of hydrogen-bond acceptors (Lipinski definition) is 5. The molecule has 3 aliphatic rings. The molecule has 0 amide bonds. The Kier molecular flexibility index (Phi) is 4.58. The van der Waals surface area contributed by atoms with E-state index in [-0.39, 0.29) is 24.4 Å². The summed E-state index contributed by atoms with van der Waals surface area (Å²) in [6.07, 6.45) is 2.44. The van der Waals surface area contributed by atoms with Crippen LogP contribution in [0.25, 0.3) is 0 Å². The molecular formula is C24H29NO4. The van der Waals surface area contributed by atoms with Crippen molar-refractivity contribution < 1.29 is 18.9 Å². The summed E-state index contributed by atoms with van der Waals surface area (Å²) in [5.41, 5.74) is 1.96. The van der Waals surface area contributed by atoms with Crippen LogP contribution >= 0.6 is 0 Å². The molecule has 0 aromatic heterocycles.